The molecule has 23 heavy (non-hydrogen) atoms. The van der Waals surface area contributed by atoms with Crippen LogP contribution in [-0.4, -0.2) is 16.1 Å². The van der Waals surface area contributed by atoms with Gasteiger partial charge in [-0.3, -0.25) is 4.79 Å². The Labute approximate surface area is 140 Å². The third-order valence-electron chi connectivity index (χ3n) is 2.89. The fourth-order valence-electron chi connectivity index (χ4n) is 1.84. The number of benzene rings is 2. The summed E-state index contributed by atoms with van der Waals surface area (Å²) in [4.78, 5) is 12.1. The number of amides is 1. The van der Waals surface area contributed by atoms with Gasteiger partial charge in [0.25, 0.3) is 0 Å². The summed E-state index contributed by atoms with van der Waals surface area (Å²) in [5, 5.41) is 10.4. The Bertz CT molecular complexity index is 862. The van der Waals surface area contributed by atoms with E-state index in [1.807, 2.05) is 0 Å². The van der Waals surface area contributed by atoms with Crippen molar-refractivity contribution in [1.29, 1.82) is 0 Å². The summed E-state index contributed by atoms with van der Waals surface area (Å²) >= 11 is 11.9. The van der Waals surface area contributed by atoms with E-state index in [0.29, 0.717) is 5.56 Å². The first-order valence-corrected chi connectivity index (χ1v) is 7.15. The second-order valence-electron chi connectivity index (χ2n) is 4.47. The molecule has 0 saturated carbocycles. The van der Waals surface area contributed by atoms with Crippen LogP contribution in [0, 0.1) is 5.82 Å². The van der Waals surface area contributed by atoms with E-state index in [-0.39, 0.29) is 27.5 Å². The van der Waals surface area contributed by atoms with Gasteiger partial charge < -0.3 is 9.73 Å². The molecular formula is C15H8Cl2FN3O2. The molecule has 0 spiro atoms. The van der Waals surface area contributed by atoms with Gasteiger partial charge in [-0.1, -0.05) is 35.3 Å². The van der Waals surface area contributed by atoms with Crippen molar-refractivity contribution in [3.8, 4) is 11.5 Å². The smallest absolute Gasteiger partial charge is 0.313 e. The summed E-state index contributed by atoms with van der Waals surface area (Å²) < 4.78 is 18.4. The van der Waals surface area contributed by atoms with E-state index in [1.54, 1.807) is 24.3 Å². The third-order valence-corrected chi connectivity index (χ3v) is 3.52. The number of para-hydroxylation sites is 1. The van der Waals surface area contributed by atoms with E-state index in [0.717, 1.165) is 0 Å². The Morgan fingerprint density at radius 2 is 1.78 bits per heavy atom. The second kappa shape index (κ2) is 6.36. The van der Waals surface area contributed by atoms with Crippen LogP contribution in [0.3, 0.4) is 0 Å². The highest BCUT2D eigenvalue weighted by Crippen LogP contribution is 2.30. The number of carbonyl (C=O) groups excluding carboxylic acids is 1. The zero-order valence-electron chi connectivity index (χ0n) is 11.4. The lowest BCUT2D eigenvalue weighted by atomic mass is 10.2. The average molecular weight is 352 g/mol. The van der Waals surface area contributed by atoms with Crippen LogP contribution in [0.4, 0.5) is 10.1 Å². The molecule has 0 radical (unpaired) electrons. The van der Waals surface area contributed by atoms with Gasteiger partial charge in [-0.15, -0.1) is 10.2 Å². The lowest BCUT2D eigenvalue weighted by Crippen LogP contribution is -2.13. The SMILES string of the molecule is O=C(Nc1c(Cl)cccc1Cl)c1nnc(-c2cccc(F)c2)o1. The molecule has 1 aromatic heterocycles. The van der Waals surface area contributed by atoms with E-state index in [2.05, 4.69) is 15.5 Å². The van der Waals surface area contributed by atoms with Crippen LogP contribution in [0.2, 0.25) is 10.0 Å². The Balaban J connectivity index is 1.84. The van der Waals surface area contributed by atoms with Gasteiger partial charge in [0.2, 0.25) is 5.89 Å². The topological polar surface area (TPSA) is 68.0 Å². The van der Waals surface area contributed by atoms with E-state index in [4.69, 9.17) is 27.6 Å². The first-order chi connectivity index (χ1) is 11.0. The molecule has 0 saturated heterocycles. The molecule has 0 bridgehead atoms. The molecule has 0 fully saturated rings. The molecule has 0 unspecified atom stereocenters. The number of aromatic nitrogens is 2. The number of nitrogens with one attached hydrogen (secondary N) is 1. The number of rotatable bonds is 3. The van der Waals surface area contributed by atoms with E-state index in [1.165, 1.54) is 18.2 Å². The van der Waals surface area contributed by atoms with Gasteiger partial charge in [0.15, 0.2) is 0 Å². The van der Waals surface area contributed by atoms with Gasteiger partial charge in [-0.25, -0.2) is 4.39 Å². The summed E-state index contributed by atoms with van der Waals surface area (Å²) in [5.74, 6) is -1.38. The highest BCUT2D eigenvalue weighted by molar-refractivity contribution is 6.39. The molecule has 0 aliphatic rings. The van der Waals surface area contributed by atoms with Crippen molar-refractivity contribution in [3.05, 3.63) is 64.2 Å². The summed E-state index contributed by atoms with van der Waals surface area (Å²) in [5.41, 5.74) is 0.610. The third kappa shape index (κ3) is 3.33. The summed E-state index contributed by atoms with van der Waals surface area (Å²) in [6.45, 7) is 0. The normalized spacial score (nSPS) is 10.6. The highest BCUT2D eigenvalue weighted by atomic mass is 35.5. The predicted molar refractivity (Wildman–Crippen MR) is 84.1 cm³/mol. The quantitative estimate of drug-likeness (QED) is 0.757. The number of nitrogens with zero attached hydrogens (tertiary/aromatic N) is 2. The molecule has 8 heteroatoms. The largest absolute Gasteiger partial charge is 0.412 e. The van der Waals surface area contributed by atoms with Crippen LogP contribution in [0.25, 0.3) is 11.5 Å². The molecule has 1 amide bonds. The Hall–Kier alpha value is -2.44. The maximum atomic E-state index is 13.2. The van der Waals surface area contributed by atoms with E-state index < -0.39 is 11.7 Å². The summed E-state index contributed by atoms with van der Waals surface area (Å²) in [6, 6.07) is 10.4. The molecule has 0 aliphatic carbocycles. The van der Waals surface area contributed by atoms with Crippen LogP contribution in [0.5, 0.6) is 0 Å². The molecule has 3 aromatic rings. The highest BCUT2D eigenvalue weighted by Gasteiger charge is 2.18. The van der Waals surface area contributed by atoms with Crippen LogP contribution >= 0.6 is 23.2 Å². The second-order valence-corrected chi connectivity index (χ2v) is 5.29. The van der Waals surface area contributed by atoms with Crippen molar-refractivity contribution in [3.63, 3.8) is 0 Å². The van der Waals surface area contributed by atoms with E-state index >= 15 is 0 Å². The van der Waals surface area contributed by atoms with Crippen LogP contribution in [0.15, 0.2) is 46.9 Å². The zero-order valence-corrected chi connectivity index (χ0v) is 12.9. The van der Waals surface area contributed by atoms with Crippen molar-refractivity contribution < 1.29 is 13.6 Å². The van der Waals surface area contributed by atoms with Crippen molar-refractivity contribution in [2.24, 2.45) is 0 Å². The zero-order chi connectivity index (χ0) is 16.4. The standard InChI is InChI=1S/C15H8Cl2FN3O2/c16-10-5-2-6-11(17)12(10)19-13(22)15-21-20-14(23-15)8-3-1-4-9(18)7-8/h1-7H,(H,19,22). The molecule has 5 nitrogen and oxygen atoms in total. The van der Waals surface area contributed by atoms with Gasteiger partial charge in [0.1, 0.15) is 5.82 Å². The maximum absolute atomic E-state index is 13.2. The molecule has 0 aliphatic heterocycles. The number of hydrogen-bond donors (Lipinski definition) is 1. The van der Waals surface area contributed by atoms with Crippen LogP contribution in [0.1, 0.15) is 10.7 Å². The minimum absolute atomic E-state index is 0.0277. The van der Waals surface area contributed by atoms with Gasteiger partial charge in [-0.2, -0.15) is 0 Å². The first kappa shape index (κ1) is 15.5. The van der Waals surface area contributed by atoms with Crippen molar-refractivity contribution in [2.75, 3.05) is 5.32 Å². The van der Waals surface area contributed by atoms with Crippen LogP contribution < -0.4 is 5.32 Å². The fraction of sp³-hybridized carbons (Fsp3) is 0. The lowest BCUT2D eigenvalue weighted by molar-refractivity contribution is 0.0991. The van der Waals surface area contributed by atoms with Gasteiger partial charge in [0, 0.05) is 5.56 Å². The van der Waals surface area contributed by atoms with E-state index in [9.17, 15) is 9.18 Å². The molecule has 3 rings (SSSR count). The number of hydrogen-bond acceptors (Lipinski definition) is 4. The van der Waals surface area contributed by atoms with Gasteiger partial charge >= 0.3 is 11.8 Å². The van der Waals surface area contributed by atoms with Gasteiger partial charge in [0.05, 0.1) is 15.7 Å². The maximum Gasteiger partial charge on any atom is 0.313 e. The number of anilines is 1. The van der Waals surface area contributed by atoms with Crippen molar-refractivity contribution in [2.45, 2.75) is 0 Å². The molecular weight excluding hydrogens is 344 g/mol. The Morgan fingerprint density at radius 3 is 2.48 bits per heavy atom. The molecule has 116 valence electrons. The monoisotopic (exact) mass is 351 g/mol. The minimum Gasteiger partial charge on any atom is -0.412 e. The minimum atomic E-state index is -0.671. The molecule has 1 heterocycles. The fourth-order valence-corrected chi connectivity index (χ4v) is 2.33. The Morgan fingerprint density at radius 1 is 1.09 bits per heavy atom. The van der Waals surface area contributed by atoms with Crippen LogP contribution in [-0.2, 0) is 0 Å². The summed E-state index contributed by atoms with van der Waals surface area (Å²) in [7, 11) is 0. The molecule has 2 aromatic carbocycles. The first-order valence-electron chi connectivity index (χ1n) is 6.39. The number of halogens is 3. The van der Waals surface area contributed by atoms with Gasteiger partial charge in [-0.05, 0) is 30.3 Å². The summed E-state index contributed by atoms with van der Waals surface area (Å²) in [6.07, 6.45) is 0. The predicted octanol–water partition coefficient (Wildman–Crippen LogP) is 4.43. The van der Waals surface area contributed by atoms with Crippen molar-refractivity contribution in [1.82, 2.24) is 10.2 Å². The number of carbonyl (C=O) groups is 1. The average Bonchev–Trinajstić information content (AvgIpc) is 3.01. The van der Waals surface area contributed by atoms with Crippen molar-refractivity contribution >= 4 is 34.8 Å². The molecule has 0 atom stereocenters. The molecule has 1 N–H and O–H groups in total. The lowest BCUT2D eigenvalue weighted by Gasteiger charge is -2.06. The Kier molecular flexibility index (Phi) is 4.27.